The fraction of sp³-hybridized carbons (Fsp3) is 0.375. The Morgan fingerprint density at radius 1 is 1.50 bits per heavy atom. The van der Waals surface area contributed by atoms with E-state index >= 15 is 0 Å². The van der Waals surface area contributed by atoms with Crippen LogP contribution in [-0.4, -0.2) is 10.5 Å². The van der Waals surface area contributed by atoms with Crippen LogP contribution in [0.3, 0.4) is 0 Å². The second-order valence-corrected chi connectivity index (χ2v) is 2.97. The molecule has 1 aromatic heterocycles. The highest BCUT2D eigenvalue weighted by Gasteiger charge is 2.38. The van der Waals surface area contributed by atoms with Gasteiger partial charge in [0.1, 0.15) is 5.69 Å². The summed E-state index contributed by atoms with van der Waals surface area (Å²) in [5.74, 6) is -1.07. The zero-order chi connectivity index (χ0) is 11.1. The average molecular weight is 206 g/mol. The minimum Gasteiger partial charge on any atom is -0.366 e. The van der Waals surface area contributed by atoms with Crippen molar-refractivity contribution in [2.24, 2.45) is 12.8 Å². The van der Waals surface area contributed by atoms with Crippen molar-refractivity contribution in [3.63, 3.8) is 0 Å². The van der Waals surface area contributed by atoms with Crippen LogP contribution < -0.4 is 5.73 Å². The lowest BCUT2D eigenvalue weighted by Gasteiger charge is -2.10. The molecule has 0 saturated heterocycles. The van der Waals surface area contributed by atoms with E-state index in [0.29, 0.717) is 5.69 Å². The normalized spacial score (nSPS) is 11.8. The molecule has 0 bridgehead atoms. The topological polar surface area (TPSA) is 48.0 Å². The molecule has 0 fully saturated rings. The third-order valence-corrected chi connectivity index (χ3v) is 2.01. The Bertz CT molecular complexity index is 379. The summed E-state index contributed by atoms with van der Waals surface area (Å²) in [6, 6.07) is 1.13. The summed E-state index contributed by atoms with van der Waals surface area (Å²) in [4.78, 5) is 10.7. The summed E-state index contributed by atoms with van der Waals surface area (Å²) in [7, 11) is 1.24. The number of carbonyl (C=O) groups excluding carboxylic acids is 1. The molecule has 1 rings (SSSR count). The highest BCUT2D eigenvalue weighted by molar-refractivity contribution is 5.94. The first-order valence-electron chi connectivity index (χ1n) is 3.78. The van der Waals surface area contributed by atoms with Gasteiger partial charge in [0.15, 0.2) is 0 Å². The Morgan fingerprint density at radius 2 is 2.00 bits per heavy atom. The minimum absolute atomic E-state index is 0.339. The van der Waals surface area contributed by atoms with E-state index in [1.807, 2.05) is 0 Å². The lowest BCUT2D eigenvalue weighted by molar-refractivity contribution is -0.143. The van der Waals surface area contributed by atoms with Crippen LogP contribution in [0.2, 0.25) is 0 Å². The maximum absolute atomic E-state index is 12.5. The molecular formula is C8H9F3N2O. The number of aromatic nitrogens is 1. The Kier molecular flexibility index (Phi) is 2.31. The van der Waals surface area contributed by atoms with E-state index in [1.54, 1.807) is 0 Å². The summed E-state index contributed by atoms with van der Waals surface area (Å²) >= 11 is 0. The number of alkyl halides is 3. The third kappa shape index (κ3) is 1.59. The smallest absolute Gasteiger partial charge is 0.366 e. The molecule has 0 unspecified atom stereocenters. The van der Waals surface area contributed by atoms with Gasteiger partial charge in [-0.2, -0.15) is 13.2 Å². The molecular weight excluding hydrogens is 197 g/mol. The van der Waals surface area contributed by atoms with Gasteiger partial charge in [0.2, 0.25) is 0 Å². The molecule has 1 heterocycles. The van der Waals surface area contributed by atoms with Crippen LogP contribution in [0.4, 0.5) is 13.2 Å². The van der Waals surface area contributed by atoms with E-state index < -0.39 is 23.3 Å². The molecule has 0 radical (unpaired) electrons. The minimum atomic E-state index is -4.56. The van der Waals surface area contributed by atoms with Gasteiger partial charge in [-0.1, -0.05) is 0 Å². The molecule has 0 spiro atoms. The van der Waals surface area contributed by atoms with Crippen molar-refractivity contribution in [1.82, 2.24) is 4.57 Å². The second-order valence-electron chi connectivity index (χ2n) is 2.97. The summed E-state index contributed by atoms with van der Waals surface area (Å²) in [6.45, 7) is 1.47. The predicted molar refractivity (Wildman–Crippen MR) is 43.7 cm³/mol. The molecule has 78 valence electrons. The van der Waals surface area contributed by atoms with E-state index in [1.165, 1.54) is 14.0 Å². The van der Waals surface area contributed by atoms with Crippen molar-refractivity contribution in [1.29, 1.82) is 0 Å². The Labute approximate surface area is 78.3 Å². The Morgan fingerprint density at radius 3 is 2.29 bits per heavy atom. The quantitative estimate of drug-likeness (QED) is 0.742. The van der Waals surface area contributed by atoms with Crippen LogP contribution in [0.5, 0.6) is 0 Å². The Balaban J connectivity index is 3.46. The molecule has 0 saturated carbocycles. The van der Waals surface area contributed by atoms with Crippen LogP contribution in [0.25, 0.3) is 0 Å². The summed E-state index contributed by atoms with van der Waals surface area (Å²) in [6.07, 6.45) is -4.56. The van der Waals surface area contributed by atoms with Crippen LogP contribution in [0.1, 0.15) is 21.7 Å². The number of amides is 1. The van der Waals surface area contributed by atoms with Crippen molar-refractivity contribution in [3.8, 4) is 0 Å². The molecule has 2 N–H and O–H groups in total. The van der Waals surface area contributed by atoms with Gasteiger partial charge in [-0.15, -0.1) is 0 Å². The fourth-order valence-electron chi connectivity index (χ4n) is 1.26. The fourth-order valence-corrected chi connectivity index (χ4v) is 1.26. The monoisotopic (exact) mass is 206 g/mol. The van der Waals surface area contributed by atoms with E-state index in [9.17, 15) is 18.0 Å². The summed E-state index contributed by atoms with van der Waals surface area (Å²) in [5, 5.41) is 0. The van der Waals surface area contributed by atoms with Crippen LogP contribution in [0, 0.1) is 6.92 Å². The van der Waals surface area contributed by atoms with Gasteiger partial charge in [-0.25, -0.2) is 0 Å². The first-order chi connectivity index (χ1) is 6.25. The van der Waals surface area contributed by atoms with Gasteiger partial charge < -0.3 is 10.3 Å². The molecule has 6 heteroatoms. The zero-order valence-electron chi connectivity index (χ0n) is 7.64. The lowest BCUT2D eigenvalue weighted by Crippen LogP contribution is -2.20. The van der Waals surface area contributed by atoms with E-state index in [2.05, 4.69) is 0 Å². The van der Waals surface area contributed by atoms with E-state index in [0.717, 1.165) is 10.6 Å². The predicted octanol–water partition coefficient (Wildman–Crippen LogP) is 1.45. The number of carbonyl (C=O) groups is 1. The number of hydrogen-bond donors (Lipinski definition) is 1. The van der Waals surface area contributed by atoms with Gasteiger partial charge in [-0.05, 0) is 13.0 Å². The molecule has 14 heavy (non-hydrogen) atoms. The molecule has 0 aliphatic rings. The molecule has 3 nitrogen and oxygen atoms in total. The number of rotatable bonds is 1. The van der Waals surface area contributed by atoms with E-state index in [4.69, 9.17) is 5.73 Å². The van der Waals surface area contributed by atoms with Crippen molar-refractivity contribution >= 4 is 5.91 Å². The average Bonchev–Trinajstić information content (AvgIpc) is 2.27. The highest BCUT2D eigenvalue weighted by Crippen LogP contribution is 2.33. The molecule has 1 aromatic rings. The van der Waals surface area contributed by atoms with Crippen LogP contribution in [-0.2, 0) is 13.2 Å². The number of nitrogens with two attached hydrogens (primary N) is 1. The van der Waals surface area contributed by atoms with E-state index in [-0.39, 0.29) is 0 Å². The van der Waals surface area contributed by atoms with Crippen molar-refractivity contribution in [2.75, 3.05) is 0 Å². The Hall–Kier alpha value is -1.46. The second kappa shape index (κ2) is 3.04. The largest absolute Gasteiger partial charge is 0.432 e. The third-order valence-electron chi connectivity index (χ3n) is 2.01. The van der Waals surface area contributed by atoms with Gasteiger partial charge in [0, 0.05) is 12.7 Å². The summed E-state index contributed by atoms with van der Waals surface area (Å²) < 4.78 is 38.3. The van der Waals surface area contributed by atoms with Gasteiger partial charge in [0.05, 0.1) is 5.56 Å². The lowest BCUT2D eigenvalue weighted by atomic mass is 10.2. The summed E-state index contributed by atoms with van der Waals surface area (Å²) in [5.41, 5.74) is 3.69. The number of aryl methyl sites for hydroxylation is 1. The SMILES string of the molecule is Cc1cc(C(N)=O)c(C(F)(F)F)n1C. The van der Waals surface area contributed by atoms with Gasteiger partial charge >= 0.3 is 6.18 Å². The number of halogens is 3. The number of primary amides is 1. The first kappa shape index (κ1) is 10.6. The van der Waals surface area contributed by atoms with Crippen molar-refractivity contribution in [2.45, 2.75) is 13.1 Å². The van der Waals surface area contributed by atoms with Gasteiger partial charge in [-0.3, -0.25) is 4.79 Å². The molecule has 1 amide bonds. The van der Waals surface area contributed by atoms with Crippen LogP contribution >= 0.6 is 0 Å². The number of nitrogens with zero attached hydrogens (tertiary/aromatic N) is 1. The molecule has 0 aliphatic carbocycles. The van der Waals surface area contributed by atoms with Crippen molar-refractivity contribution < 1.29 is 18.0 Å². The number of hydrogen-bond acceptors (Lipinski definition) is 1. The van der Waals surface area contributed by atoms with Gasteiger partial charge in [0.25, 0.3) is 5.91 Å². The van der Waals surface area contributed by atoms with Crippen LogP contribution in [0.15, 0.2) is 6.07 Å². The first-order valence-corrected chi connectivity index (χ1v) is 3.78. The highest BCUT2D eigenvalue weighted by atomic mass is 19.4. The molecule has 0 aromatic carbocycles. The maximum Gasteiger partial charge on any atom is 0.432 e. The zero-order valence-corrected chi connectivity index (χ0v) is 7.64. The molecule has 0 aliphatic heterocycles. The molecule has 0 atom stereocenters. The maximum atomic E-state index is 12.5. The van der Waals surface area contributed by atoms with Crippen molar-refractivity contribution in [3.05, 3.63) is 23.0 Å². The standard InChI is InChI=1S/C8H9F3N2O/c1-4-3-5(7(12)14)6(13(4)2)8(9,10)11/h3H,1-2H3,(H2,12,14).